The van der Waals surface area contributed by atoms with E-state index in [4.69, 9.17) is 14.9 Å². The van der Waals surface area contributed by atoms with Crippen LogP contribution in [0.15, 0.2) is 0 Å². The average Bonchev–Trinajstić information content (AvgIpc) is 2.09. The smallest absolute Gasteiger partial charge is 0.103 e. The van der Waals surface area contributed by atoms with Gasteiger partial charge in [0.1, 0.15) is 6.10 Å². The van der Waals surface area contributed by atoms with Crippen LogP contribution in [0.4, 0.5) is 0 Å². The average molecular weight is 278 g/mol. The van der Waals surface area contributed by atoms with Crippen molar-refractivity contribution in [2.24, 2.45) is 5.41 Å². The molecule has 0 fully saturated rings. The lowest BCUT2D eigenvalue weighted by atomic mass is 9.86. The van der Waals surface area contributed by atoms with Crippen LogP contribution in [-0.4, -0.2) is 45.3 Å². The molecule has 118 valence electrons. The molecule has 2 atom stereocenters. The summed E-state index contributed by atoms with van der Waals surface area (Å²) in [6.07, 6.45) is -1.89. The van der Waals surface area contributed by atoms with E-state index in [1.165, 1.54) is 0 Å². The van der Waals surface area contributed by atoms with Crippen LogP contribution >= 0.6 is 0 Å². The molecule has 0 aliphatic carbocycles. The molecule has 0 aromatic carbocycles. The first kappa shape index (κ1) is 21.1. The Balaban J connectivity index is 0. The Morgan fingerprint density at radius 1 is 0.789 bits per heavy atom. The highest BCUT2D eigenvalue weighted by molar-refractivity contribution is 4.78. The molecule has 4 nitrogen and oxygen atoms in total. The molecule has 2 unspecified atom stereocenters. The van der Waals surface area contributed by atoms with Crippen molar-refractivity contribution in [3.8, 4) is 0 Å². The summed E-state index contributed by atoms with van der Waals surface area (Å²) in [5.74, 6) is 0. The minimum absolute atomic E-state index is 0.0156. The maximum atomic E-state index is 9.24. The van der Waals surface area contributed by atoms with Crippen molar-refractivity contribution < 1.29 is 20.1 Å². The topological polar surface area (TPSA) is 69.9 Å². The van der Waals surface area contributed by atoms with Gasteiger partial charge in [-0.15, -0.1) is 0 Å². The predicted molar refractivity (Wildman–Crippen MR) is 79.1 cm³/mol. The Bertz CT molecular complexity index is 218. The van der Waals surface area contributed by atoms with Crippen LogP contribution in [0.2, 0.25) is 0 Å². The van der Waals surface area contributed by atoms with E-state index in [1.807, 2.05) is 0 Å². The summed E-state index contributed by atoms with van der Waals surface area (Å²) >= 11 is 0. The molecule has 0 rings (SSSR count). The summed E-state index contributed by atoms with van der Waals surface area (Å²) in [6.45, 7) is 17.4. The van der Waals surface area contributed by atoms with Gasteiger partial charge in [0.05, 0.1) is 23.9 Å². The molecule has 0 radical (unpaired) electrons. The van der Waals surface area contributed by atoms with Gasteiger partial charge in [0.15, 0.2) is 0 Å². The zero-order chi connectivity index (χ0) is 16.1. The van der Waals surface area contributed by atoms with Crippen molar-refractivity contribution in [3.63, 3.8) is 0 Å². The van der Waals surface area contributed by atoms with Gasteiger partial charge in [-0.2, -0.15) is 0 Å². The number of hydrogen-bond donors (Lipinski definition) is 3. The molecule has 19 heavy (non-hydrogen) atoms. The van der Waals surface area contributed by atoms with Gasteiger partial charge in [0, 0.05) is 0 Å². The minimum atomic E-state index is -1.03. The highest BCUT2D eigenvalue weighted by atomic mass is 16.5. The fraction of sp³-hybridized carbons (Fsp3) is 1.00. The quantitative estimate of drug-likeness (QED) is 0.725. The lowest BCUT2D eigenvalue weighted by molar-refractivity contribution is -0.102. The molecule has 0 aromatic rings. The third kappa shape index (κ3) is 14.1. The number of rotatable bonds is 2. The van der Waals surface area contributed by atoms with Crippen LogP contribution in [0.5, 0.6) is 0 Å². The van der Waals surface area contributed by atoms with E-state index in [9.17, 15) is 5.11 Å². The third-order valence-electron chi connectivity index (χ3n) is 2.05. The Morgan fingerprint density at radius 2 is 1.11 bits per heavy atom. The fourth-order valence-corrected chi connectivity index (χ4v) is 1.60. The number of hydrogen-bond acceptors (Lipinski definition) is 4. The van der Waals surface area contributed by atoms with Gasteiger partial charge in [0.25, 0.3) is 0 Å². The molecule has 0 saturated heterocycles. The maximum Gasteiger partial charge on any atom is 0.103 e. The Morgan fingerprint density at radius 3 is 1.16 bits per heavy atom. The zero-order valence-electron chi connectivity index (χ0n) is 14.1. The van der Waals surface area contributed by atoms with Crippen LogP contribution in [0.3, 0.4) is 0 Å². The van der Waals surface area contributed by atoms with Crippen LogP contribution in [0.25, 0.3) is 0 Å². The zero-order valence-corrected chi connectivity index (χ0v) is 14.1. The van der Waals surface area contributed by atoms with Crippen LogP contribution in [-0.2, 0) is 4.74 Å². The second kappa shape index (κ2) is 7.58. The van der Waals surface area contributed by atoms with Gasteiger partial charge in [-0.1, -0.05) is 20.8 Å². The van der Waals surface area contributed by atoms with Gasteiger partial charge < -0.3 is 20.1 Å². The molecule has 0 aliphatic heterocycles. The third-order valence-corrected chi connectivity index (χ3v) is 2.05. The molecule has 0 heterocycles. The number of ether oxygens (including phenoxy) is 1. The Labute approximate surface area is 118 Å². The van der Waals surface area contributed by atoms with Crippen molar-refractivity contribution in [1.82, 2.24) is 0 Å². The van der Waals surface area contributed by atoms with Crippen molar-refractivity contribution in [3.05, 3.63) is 0 Å². The second-order valence-electron chi connectivity index (χ2n) is 7.89. The Hall–Kier alpha value is -0.160. The van der Waals surface area contributed by atoms with E-state index in [-0.39, 0.29) is 16.6 Å². The number of aliphatic hydroxyl groups is 3. The van der Waals surface area contributed by atoms with Crippen molar-refractivity contribution in [1.29, 1.82) is 0 Å². The molecule has 0 aliphatic rings. The van der Waals surface area contributed by atoms with Gasteiger partial charge in [0.2, 0.25) is 0 Å². The first-order valence-electron chi connectivity index (χ1n) is 6.77. The van der Waals surface area contributed by atoms with E-state index in [0.29, 0.717) is 0 Å². The van der Waals surface area contributed by atoms with E-state index in [2.05, 4.69) is 41.5 Å². The monoisotopic (exact) mass is 278 g/mol. The minimum Gasteiger partial charge on any atom is -0.394 e. The van der Waals surface area contributed by atoms with Gasteiger partial charge in [-0.25, -0.2) is 0 Å². The lowest BCUT2D eigenvalue weighted by Crippen LogP contribution is -2.39. The van der Waals surface area contributed by atoms with Crippen LogP contribution < -0.4 is 0 Å². The molecule has 0 spiro atoms. The highest BCUT2D eigenvalue weighted by Crippen LogP contribution is 2.21. The van der Waals surface area contributed by atoms with Crippen LogP contribution in [0, 0.1) is 5.41 Å². The molecule has 0 bridgehead atoms. The summed E-state index contributed by atoms with van der Waals surface area (Å²) in [6, 6.07) is 0. The Kier molecular flexibility index (Phi) is 8.43. The first-order valence-corrected chi connectivity index (χ1v) is 6.77. The predicted octanol–water partition coefficient (Wildman–Crippen LogP) is 2.35. The SMILES string of the molecule is CC(C)(C)C(O)C(O)CO.CC(C)(C)OC(C)(C)C. The highest BCUT2D eigenvalue weighted by Gasteiger charge is 2.28. The number of aliphatic hydroxyl groups excluding tert-OH is 3. The summed E-state index contributed by atoms with van der Waals surface area (Å²) in [5.41, 5.74) is -0.404. The molecule has 0 aromatic heterocycles. The van der Waals surface area contributed by atoms with Gasteiger partial charge >= 0.3 is 0 Å². The van der Waals surface area contributed by atoms with Gasteiger partial charge in [-0.05, 0) is 47.0 Å². The van der Waals surface area contributed by atoms with E-state index >= 15 is 0 Å². The van der Waals surface area contributed by atoms with E-state index in [1.54, 1.807) is 20.8 Å². The van der Waals surface area contributed by atoms with Gasteiger partial charge in [-0.3, -0.25) is 0 Å². The standard InChI is InChI=1S/C8H18O.C7H16O3/c1-7(2,3)9-8(4,5)6;1-7(2,3)6(10)5(9)4-8/h1-6H3;5-6,8-10H,4H2,1-3H3. The van der Waals surface area contributed by atoms with Crippen LogP contribution in [0.1, 0.15) is 62.3 Å². The molecule has 4 heteroatoms. The largest absolute Gasteiger partial charge is 0.394 e. The van der Waals surface area contributed by atoms with Crippen molar-refractivity contribution in [2.75, 3.05) is 6.61 Å². The molecular weight excluding hydrogens is 244 g/mol. The van der Waals surface area contributed by atoms with Crippen molar-refractivity contribution in [2.45, 2.75) is 85.7 Å². The fourth-order valence-electron chi connectivity index (χ4n) is 1.60. The maximum absolute atomic E-state index is 9.24. The molecule has 0 amide bonds. The second-order valence-corrected chi connectivity index (χ2v) is 7.89. The first-order chi connectivity index (χ1) is 8.10. The normalized spacial score (nSPS) is 16.4. The molecular formula is C15H34O4. The molecule has 0 saturated carbocycles. The van der Waals surface area contributed by atoms with E-state index in [0.717, 1.165) is 0 Å². The summed E-state index contributed by atoms with van der Waals surface area (Å²) < 4.78 is 5.62. The lowest BCUT2D eigenvalue weighted by Gasteiger charge is -2.30. The van der Waals surface area contributed by atoms with E-state index < -0.39 is 18.8 Å². The van der Waals surface area contributed by atoms with Crippen molar-refractivity contribution >= 4 is 0 Å². The summed E-state index contributed by atoms with van der Waals surface area (Å²) in [4.78, 5) is 0. The summed E-state index contributed by atoms with van der Waals surface area (Å²) in [7, 11) is 0. The molecule has 3 N–H and O–H groups in total. The summed E-state index contributed by atoms with van der Waals surface area (Å²) in [5, 5.41) is 26.7.